The highest BCUT2D eigenvalue weighted by Crippen LogP contribution is 2.29. The minimum absolute atomic E-state index is 0.0443. The van der Waals surface area contributed by atoms with Crippen LogP contribution in [-0.2, 0) is 20.9 Å². The molecule has 0 saturated carbocycles. The first kappa shape index (κ1) is 23.4. The first-order valence-corrected chi connectivity index (χ1v) is 8.48. The predicted molar refractivity (Wildman–Crippen MR) is 99.5 cm³/mol. The molecule has 0 bridgehead atoms. The van der Waals surface area contributed by atoms with Crippen LogP contribution in [0.15, 0.2) is 18.2 Å². The van der Waals surface area contributed by atoms with Crippen molar-refractivity contribution in [3.63, 3.8) is 0 Å². The van der Waals surface area contributed by atoms with Crippen molar-refractivity contribution < 1.29 is 44.3 Å². The van der Waals surface area contributed by atoms with E-state index in [1.54, 1.807) is 0 Å². The number of hydrogen-bond acceptors (Lipinski definition) is 8. The van der Waals surface area contributed by atoms with Crippen LogP contribution in [0.4, 0.5) is 10.5 Å². The number of aliphatic carboxylic acids is 1. The van der Waals surface area contributed by atoms with Crippen LogP contribution in [0.2, 0.25) is 0 Å². The number of aliphatic hydroxyl groups is 3. The highest BCUT2D eigenvalue weighted by molar-refractivity contribution is 6.55. The summed E-state index contributed by atoms with van der Waals surface area (Å²) in [6, 6.07) is 4.43. The molecule has 154 valence electrons. The maximum atomic E-state index is 11.5. The Bertz CT molecular complexity index is 708. The number of rotatable bonds is 10. The minimum Gasteiger partial charge on any atom is -0.483 e. The molecule has 1 rings (SSSR count). The van der Waals surface area contributed by atoms with Crippen LogP contribution in [0.25, 0.3) is 0 Å². The highest BCUT2D eigenvalue weighted by atomic mass is 16.6. The lowest BCUT2D eigenvalue weighted by molar-refractivity contribution is -0.152. The number of ether oxygens (including phenoxy) is 2. The van der Waals surface area contributed by atoms with E-state index in [-0.39, 0.29) is 24.5 Å². The molecule has 1 aromatic carbocycles. The van der Waals surface area contributed by atoms with E-state index in [0.717, 1.165) is 0 Å². The Balaban J connectivity index is 3.11. The fraction of sp³-hybridized carbons (Fsp3) is 0.471. The van der Waals surface area contributed by atoms with Gasteiger partial charge in [0.25, 0.3) is 0 Å². The number of carbonyl (C=O) groups is 3. The number of aliphatic hydroxyl groups excluding tert-OH is 2. The summed E-state index contributed by atoms with van der Waals surface area (Å²) in [7, 11) is 1.25. The zero-order valence-corrected chi connectivity index (χ0v) is 15.8. The molecule has 0 heterocycles. The average Bonchev–Trinajstić information content (AvgIpc) is 2.56. The molecule has 10 nitrogen and oxygen atoms in total. The number of hydrogen-bond donors (Lipinski definition) is 5. The van der Waals surface area contributed by atoms with Crippen molar-refractivity contribution in [3.05, 3.63) is 23.8 Å². The molecule has 0 aliphatic carbocycles. The van der Waals surface area contributed by atoms with Crippen molar-refractivity contribution in [1.29, 1.82) is 0 Å². The van der Waals surface area contributed by atoms with Gasteiger partial charge in [-0.3, -0.25) is 14.4 Å². The zero-order valence-electron chi connectivity index (χ0n) is 15.8. The third-order valence-electron chi connectivity index (χ3n) is 3.79. The SMILES string of the molecule is BC(=O)OCc1ccc(OC(CC(C(=O)O)[C@H](C)O)C(O)O)c(NC(C)=O)c1. The van der Waals surface area contributed by atoms with E-state index in [4.69, 9.17) is 9.47 Å². The molecule has 28 heavy (non-hydrogen) atoms. The van der Waals surface area contributed by atoms with Crippen LogP contribution < -0.4 is 10.1 Å². The Morgan fingerprint density at radius 2 is 1.86 bits per heavy atom. The molecule has 0 saturated heterocycles. The van der Waals surface area contributed by atoms with Gasteiger partial charge in [-0.2, -0.15) is 0 Å². The molecule has 0 aliphatic rings. The normalized spacial score (nSPS) is 14.1. The Morgan fingerprint density at radius 3 is 2.32 bits per heavy atom. The fourth-order valence-electron chi connectivity index (χ4n) is 2.39. The molecule has 0 fully saturated rings. The van der Waals surface area contributed by atoms with E-state index >= 15 is 0 Å². The number of nitrogens with one attached hydrogen (secondary N) is 1. The number of amides is 1. The van der Waals surface area contributed by atoms with E-state index < -0.39 is 42.2 Å². The summed E-state index contributed by atoms with van der Waals surface area (Å²) in [6.07, 6.45) is -5.06. The monoisotopic (exact) mass is 397 g/mol. The summed E-state index contributed by atoms with van der Waals surface area (Å²) >= 11 is 0. The van der Waals surface area contributed by atoms with Gasteiger partial charge in [0, 0.05) is 13.3 Å². The molecule has 2 unspecified atom stereocenters. The van der Waals surface area contributed by atoms with Gasteiger partial charge in [-0.05, 0) is 24.6 Å². The van der Waals surface area contributed by atoms with Crippen molar-refractivity contribution in [2.75, 3.05) is 5.32 Å². The van der Waals surface area contributed by atoms with Crippen LogP contribution in [-0.4, -0.2) is 64.5 Å². The molecular formula is C17H24BNO9. The van der Waals surface area contributed by atoms with Gasteiger partial charge in [0.2, 0.25) is 19.6 Å². The van der Waals surface area contributed by atoms with E-state index in [0.29, 0.717) is 5.56 Å². The number of carboxylic acid groups (broad SMARTS) is 1. The molecule has 0 spiro atoms. The van der Waals surface area contributed by atoms with E-state index in [9.17, 15) is 34.8 Å². The van der Waals surface area contributed by atoms with Gasteiger partial charge in [0.05, 0.1) is 17.7 Å². The van der Waals surface area contributed by atoms with Gasteiger partial charge in [0.1, 0.15) is 12.4 Å². The van der Waals surface area contributed by atoms with Gasteiger partial charge in [-0.15, -0.1) is 0 Å². The Morgan fingerprint density at radius 1 is 1.21 bits per heavy atom. The molecule has 3 atom stereocenters. The second kappa shape index (κ2) is 10.6. The maximum absolute atomic E-state index is 11.5. The van der Waals surface area contributed by atoms with Gasteiger partial charge in [0.15, 0.2) is 12.4 Å². The number of carbonyl (C=O) groups excluding carboxylic acids is 2. The molecular weight excluding hydrogens is 373 g/mol. The summed E-state index contributed by atoms with van der Waals surface area (Å²) in [5.41, 5.74) is 0.714. The van der Waals surface area contributed by atoms with Crippen molar-refractivity contribution >= 4 is 31.3 Å². The largest absolute Gasteiger partial charge is 0.483 e. The third kappa shape index (κ3) is 7.55. The topological polar surface area (TPSA) is 163 Å². The van der Waals surface area contributed by atoms with Crippen LogP contribution in [0.5, 0.6) is 5.75 Å². The van der Waals surface area contributed by atoms with Crippen molar-refractivity contribution in [2.24, 2.45) is 5.92 Å². The van der Waals surface area contributed by atoms with E-state index in [2.05, 4.69) is 5.32 Å². The van der Waals surface area contributed by atoms with Crippen molar-refractivity contribution in [1.82, 2.24) is 0 Å². The van der Waals surface area contributed by atoms with Gasteiger partial charge in [-0.25, -0.2) is 0 Å². The fourth-order valence-corrected chi connectivity index (χ4v) is 2.39. The summed E-state index contributed by atoms with van der Waals surface area (Å²) in [5, 5.41) is 40.4. The Hall–Kier alpha value is -2.63. The number of anilines is 1. The average molecular weight is 397 g/mol. The van der Waals surface area contributed by atoms with Crippen LogP contribution >= 0.6 is 0 Å². The molecule has 11 heteroatoms. The lowest BCUT2D eigenvalue weighted by Crippen LogP contribution is -2.38. The standard InChI is InChI=1S/C17H24BNO9/c1-8(20)11(15(22)23)6-14(16(24)25)28-13-4-3-10(7-27-17(18)26)5-12(13)19-9(2)21/h3-5,8,11,14,16,20,24-25H,6-7,18H2,1-2H3,(H,19,21)(H,22,23)/t8-,11?,14?/m0/s1. The first-order valence-electron chi connectivity index (χ1n) is 8.48. The van der Waals surface area contributed by atoms with Gasteiger partial charge in [-0.1, -0.05) is 6.07 Å². The second-order valence-corrected chi connectivity index (χ2v) is 6.28. The summed E-state index contributed by atoms with van der Waals surface area (Å²) < 4.78 is 10.4. The van der Waals surface area contributed by atoms with Crippen molar-refractivity contribution in [3.8, 4) is 5.75 Å². The molecule has 5 N–H and O–H groups in total. The lowest BCUT2D eigenvalue weighted by atomic mass is 9.96. The zero-order chi connectivity index (χ0) is 21.4. The molecule has 0 aromatic heterocycles. The van der Waals surface area contributed by atoms with Crippen LogP contribution in [0, 0.1) is 5.92 Å². The quantitative estimate of drug-likeness (QED) is 0.257. The first-order chi connectivity index (χ1) is 13.0. The lowest BCUT2D eigenvalue weighted by Gasteiger charge is -2.26. The molecule has 0 aliphatic heterocycles. The highest BCUT2D eigenvalue weighted by Gasteiger charge is 2.31. The van der Waals surface area contributed by atoms with Crippen LogP contribution in [0.1, 0.15) is 25.8 Å². The maximum Gasteiger partial charge on any atom is 0.309 e. The Kier molecular flexibility index (Phi) is 8.90. The smallest absolute Gasteiger partial charge is 0.309 e. The molecule has 0 radical (unpaired) electrons. The summed E-state index contributed by atoms with van der Waals surface area (Å²) in [5.74, 6) is -3.47. The van der Waals surface area contributed by atoms with Gasteiger partial charge < -0.3 is 35.2 Å². The predicted octanol–water partition coefficient (Wildman–Crippen LogP) is -0.555. The van der Waals surface area contributed by atoms with E-state index in [1.165, 1.54) is 39.9 Å². The summed E-state index contributed by atoms with van der Waals surface area (Å²) in [4.78, 5) is 33.7. The van der Waals surface area contributed by atoms with Crippen molar-refractivity contribution in [2.45, 2.75) is 45.4 Å². The molecule has 1 aromatic rings. The minimum atomic E-state index is -2.04. The number of benzene rings is 1. The summed E-state index contributed by atoms with van der Waals surface area (Å²) in [6.45, 7) is 2.48. The number of carboxylic acids is 1. The molecule has 1 amide bonds. The second-order valence-electron chi connectivity index (χ2n) is 6.28. The van der Waals surface area contributed by atoms with Gasteiger partial charge >= 0.3 is 5.97 Å². The Labute approximate surface area is 162 Å². The van der Waals surface area contributed by atoms with E-state index in [1.807, 2.05) is 0 Å². The van der Waals surface area contributed by atoms with Crippen LogP contribution in [0.3, 0.4) is 0 Å². The third-order valence-corrected chi connectivity index (χ3v) is 3.79.